The van der Waals surface area contributed by atoms with Crippen molar-refractivity contribution in [2.45, 2.75) is 32.7 Å². The molecule has 1 atom stereocenters. The molecule has 1 amide bonds. The molecule has 0 bridgehead atoms. The van der Waals surface area contributed by atoms with E-state index in [1.807, 2.05) is 19.9 Å². The second-order valence-electron chi connectivity index (χ2n) is 5.51. The van der Waals surface area contributed by atoms with Crippen molar-refractivity contribution >= 4 is 11.7 Å². The van der Waals surface area contributed by atoms with Crippen LogP contribution in [0.3, 0.4) is 0 Å². The SMILES string of the molecule is CCCC(NC(=O)c1cc(O)ccc1O)c1cc(C)cc(N)n1. The number of nitrogens with zero attached hydrogens (tertiary/aromatic N) is 1. The summed E-state index contributed by atoms with van der Waals surface area (Å²) in [6, 6.07) is 7.14. The number of amides is 1. The lowest BCUT2D eigenvalue weighted by atomic mass is 10.0. The third-order valence-electron chi connectivity index (χ3n) is 3.47. The van der Waals surface area contributed by atoms with Gasteiger partial charge in [0, 0.05) is 0 Å². The van der Waals surface area contributed by atoms with Crippen LogP contribution in [0.15, 0.2) is 30.3 Å². The minimum absolute atomic E-state index is 0.0201. The molecule has 1 heterocycles. The molecule has 1 unspecified atom stereocenters. The van der Waals surface area contributed by atoms with E-state index in [4.69, 9.17) is 5.73 Å². The molecule has 0 fully saturated rings. The monoisotopic (exact) mass is 315 g/mol. The number of rotatable bonds is 5. The Hall–Kier alpha value is -2.76. The number of nitrogens with one attached hydrogen (secondary N) is 1. The van der Waals surface area contributed by atoms with Gasteiger partial charge in [0.1, 0.15) is 17.3 Å². The van der Waals surface area contributed by atoms with Crippen LogP contribution in [0.1, 0.15) is 47.4 Å². The minimum Gasteiger partial charge on any atom is -0.508 e. The third-order valence-corrected chi connectivity index (χ3v) is 3.47. The molecule has 0 spiro atoms. The maximum atomic E-state index is 12.4. The molecule has 0 saturated carbocycles. The highest BCUT2D eigenvalue weighted by Crippen LogP contribution is 2.24. The van der Waals surface area contributed by atoms with Crippen LogP contribution in [-0.2, 0) is 0 Å². The van der Waals surface area contributed by atoms with Gasteiger partial charge in [-0.05, 0) is 49.2 Å². The topological polar surface area (TPSA) is 108 Å². The van der Waals surface area contributed by atoms with Gasteiger partial charge in [0.2, 0.25) is 0 Å². The number of anilines is 1. The number of nitrogens with two attached hydrogens (primary N) is 1. The molecule has 2 rings (SSSR count). The summed E-state index contributed by atoms with van der Waals surface area (Å²) in [6.45, 7) is 3.91. The number of carbonyl (C=O) groups excluding carboxylic acids is 1. The number of aromatic nitrogens is 1. The molecular weight excluding hydrogens is 294 g/mol. The van der Waals surface area contributed by atoms with Crippen LogP contribution >= 0.6 is 0 Å². The lowest BCUT2D eigenvalue weighted by Gasteiger charge is -2.19. The van der Waals surface area contributed by atoms with E-state index >= 15 is 0 Å². The molecule has 1 aromatic carbocycles. The first kappa shape index (κ1) is 16.6. The summed E-state index contributed by atoms with van der Waals surface area (Å²) in [7, 11) is 0. The fourth-order valence-electron chi connectivity index (χ4n) is 2.42. The maximum absolute atomic E-state index is 12.4. The van der Waals surface area contributed by atoms with Gasteiger partial charge in [-0.3, -0.25) is 4.79 Å². The van der Waals surface area contributed by atoms with Crippen LogP contribution in [0, 0.1) is 6.92 Å². The van der Waals surface area contributed by atoms with Gasteiger partial charge in [-0.2, -0.15) is 0 Å². The average Bonchev–Trinajstić information content (AvgIpc) is 2.48. The molecule has 0 radical (unpaired) electrons. The largest absolute Gasteiger partial charge is 0.508 e. The molecule has 1 aromatic heterocycles. The van der Waals surface area contributed by atoms with Crippen molar-refractivity contribution in [2.75, 3.05) is 5.73 Å². The van der Waals surface area contributed by atoms with E-state index in [1.54, 1.807) is 6.07 Å². The van der Waals surface area contributed by atoms with E-state index in [0.717, 1.165) is 12.0 Å². The van der Waals surface area contributed by atoms with E-state index in [1.165, 1.54) is 18.2 Å². The van der Waals surface area contributed by atoms with Gasteiger partial charge in [-0.25, -0.2) is 4.98 Å². The second-order valence-corrected chi connectivity index (χ2v) is 5.51. The fraction of sp³-hybridized carbons (Fsp3) is 0.294. The second kappa shape index (κ2) is 7.00. The molecule has 2 aromatic rings. The molecule has 6 heteroatoms. The number of phenols is 2. The van der Waals surface area contributed by atoms with Gasteiger partial charge in [0.15, 0.2) is 0 Å². The van der Waals surface area contributed by atoms with Crippen LogP contribution in [0.4, 0.5) is 5.82 Å². The molecule has 0 saturated heterocycles. The maximum Gasteiger partial charge on any atom is 0.255 e. The summed E-state index contributed by atoms with van der Waals surface area (Å²) in [4.78, 5) is 16.7. The smallest absolute Gasteiger partial charge is 0.255 e. The zero-order chi connectivity index (χ0) is 17.0. The van der Waals surface area contributed by atoms with Gasteiger partial charge in [0.25, 0.3) is 5.91 Å². The van der Waals surface area contributed by atoms with Crippen LogP contribution < -0.4 is 11.1 Å². The first-order valence-electron chi connectivity index (χ1n) is 7.47. The summed E-state index contributed by atoms with van der Waals surface area (Å²) in [5.41, 5.74) is 7.44. The van der Waals surface area contributed by atoms with Crippen LogP contribution in [0.25, 0.3) is 0 Å². The average molecular weight is 315 g/mol. The highest BCUT2D eigenvalue weighted by atomic mass is 16.3. The van der Waals surface area contributed by atoms with Crippen molar-refractivity contribution in [2.24, 2.45) is 0 Å². The molecular formula is C17H21N3O3. The molecule has 0 aliphatic heterocycles. The first-order valence-corrected chi connectivity index (χ1v) is 7.47. The van der Waals surface area contributed by atoms with E-state index in [0.29, 0.717) is 17.9 Å². The number of phenolic OH excluding ortho intramolecular Hbond substituents is 2. The first-order chi connectivity index (χ1) is 10.9. The van der Waals surface area contributed by atoms with E-state index < -0.39 is 5.91 Å². The van der Waals surface area contributed by atoms with Crippen molar-refractivity contribution < 1.29 is 15.0 Å². The Labute approximate surface area is 135 Å². The Morgan fingerprint density at radius 3 is 2.70 bits per heavy atom. The summed E-state index contributed by atoms with van der Waals surface area (Å²) >= 11 is 0. The fourth-order valence-corrected chi connectivity index (χ4v) is 2.42. The van der Waals surface area contributed by atoms with Crippen molar-refractivity contribution in [3.8, 4) is 11.5 Å². The quantitative estimate of drug-likeness (QED) is 0.634. The van der Waals surface area contributed by atoms with Gasteiger partial charge in [0.05, 0.1) is 17.3 Å². The Morgan fingerprint density at radius 2 is 2.04 bits per heavy atom. The Bertz CT molecular complexity index is 696. The molecule has 0 aliphatic rings. The molecule has 23 heavy (non-hydrogen) atoms. The normalized spacial score (nSPS) is 11.9. The number of aromatic hydroxyl groups is 2. The van der Waals surface area contributed by atoms with Crippen LogP contribution in [0.2, 0.25) is 0 Å². The summed E-state index contributed by atoms with van der Waals surface area (Å²) < 4.78 is 0. The lowest BCUT2D eigenvalue weighted by molar-refractivity contribution is 0.0930. The summed E-state index contributed by atoms with van der Waals surface area (Å²) in [5.74, 6) is -0.348. The third kappa shape index (κ3) is 4.12. The van der Waals surface area contributed by atoms with E-state index in [2.05, 4.69) is 10.3 Å². The lowest BCUT2D eigenvalue weighted by Crippen LogP contribution is -2.29. The highest BCUT2D eigenvalue weighted by molar-refractivity contribution is 5.97. The van der Waals surface area contributed by atoms with Crippen molar-refractivity contribution in [1.29, 1.82) is 0 Å². The van der Waals surface area contributed by atoms with Crippen molar-refractivity contribution in [3.05, 3.63) is 47.2 Å². The van der Waals surface area contributed by atoms with E-state index in [-0.39, 0.29) is 23.1 Å². The van der Waals surface area contributed by atoms with E-state index in [9.17, 15) is 15.0 Å². The molecule has 5 N–H and O–H groups in total. The van der Waals surface area contributed by atoms with Gasteiger partial charge in [-0.15, -0.1) is 0 Å². The number of benzene rings is 1. The minimum atomic E-state index is -0.473. The Balaban J connectivity index is 2.28. The number of hydrogen-bond donors (Lipinski definition) is 4. The summed E-state index contributed by atoms with van der Waals surface area (Å²) in [5, 5.41) is 22.1. The van der Waals surface area contributed by atoms with Crippen molar-refractivity contribution in [3.63, 3.8) is 0 Å². The molecule has 6 nitrogen and oxygen atoms in total. The Kier molecular flexibility index (Phi) is 5.05. The number of aryl methyl sites for hydroxylation is 1. The number of carbonyl (C=O) groups is 1. The van der Waals surface area contributed by atoms with Gasteiger partial charge >= 0.3 is 0 Å². The predicted octanol–water partition coefficient (Wildman–Crippen LogP) is 2.65. The predicted molar refractivity (Wildman–Crippen MR) is 88.3 cm³/mol. The van der Waals surface area contributed by atoms with Crippen LogP contribution in [0.5, 0.6) is 11.5 Å². The summed E-state index contributed by atoms with van der Waals surface area (Å²) in [6.07, 6.45) is 1.52. The molecule has 122 valence electrons. The van der Waals surface area contributed by atoms with Crippen molar-refractivity contribution in [1.82, 2.24) is 10.3 Å². The van der Waals surface area contributed by atoms with Gasteiger partial charge in [-0.1, -0.05) is 13.3 Å². The Morgan fingerprint density at radius 1 is 1.30 bits per heavy atom. The van der Waals surface area contributed by atoms with Gasteiger partial charge < -0.3 is 21.3 Å². The van der Waals surface area contributed by atoms with Crippen LogP contribution in [-0.4, -0.2) is 21.1 Å². The zero-order valence-electron chi connectivity index (χ0n) is 13.2. The molecule has 0 aliphatic carbocycles. The number of hydrogen-bond acceptors (Lipinski definition) is 5. The number of pyridine rings is 1. The number of nitrogen functional groups attached to an aromatic ring is 1. The standard InChI is InChI=1S/C17H21N3O3/c1-3-4-13(14-7-10(2)8-16(18)19-14)20-17(23)12-9-11(21)5-6-15(12)22/h5-9,13,21-22H,3-4H2,1-2H3,(H2,18,19)(H,20,23). The zero-order valence-corrected chi connectivity index (χ0v) is 13.2. The highest BCUT2D eigenvalue weighted by Gasteiger charge is 2.19.